The molecular formula is C23H27N3O3. The lowest BCUT2D eigenvalue weighted by molar-refractivity contribution is 0.0525. The van der Waals surface area contributed by atoms with E-state index in [1.54, 1.807) is 19.3 Å². The maximum absolute atomic E-state index is 12.3. The van der Waals surface area contributed by atoms with E-state index >= 15 is 0 Å². The molecule has 0 saturated carbocycles. The predicted octanol–water partition coefficient (Wildman–Crippen LogP) is 4.30. The van der Waals surface area contributed by atoms with Crippen molar-refractivity contribution in [2.24, 2.45) is 0 Å². The molecule has 0 aliphatic carbocycles. The summed E-state index contributed by atoms with van der Waals surface area (Å²) < 4.78 is 5.08. The normalized spacial score (nSPS) is 13.3. The molecule has 0 bridgehead atoms. The molecule has 1 aliphatic rings. The van der Waals surface area contributed by atoms with Gasteiger partial charge in [0, 0.05) is 30.2 Å². The van der Waals surface area contributed by atoms with E-state index in [-0.39, 0.29) is 11.9 Å². The zero-order valence-electron chi connectivity index (χ0n) is 17.2. The van der Waals surface area contributed by atoms with Crippen LogP contribution in [0.3, 0.4) is 0 Å². The molecule has 1 aliphatic heterocycles. The van der Waals surface area contributed by atoms with Crippen LogP contribution in [0.25, 0.3) is 0 Å². The van der Waals surface area contributed by atoms with E-state index in [0.29, 0.717) is 17.7 Å². The minimum atomic E-state index is -0.344. The quantitative estimate of drug-likeness (QED) is 0.741. The van der Waals surface area contributed by atoms with E-state index < -0.39 is 0 Å². The molecule has 6 nitrogen and oxygen atoms in total. The molecule has 1 amide bonds. The molecule has 0 spiro atoms. The van der Waals surface area contributed by atoms with Crippen LogP contribution >= 0.6 is 0 Å². The SMILES string of the molecule is CC/C=C/NC(=O)c1ccc(N2CCCc3cc(C(=O)OCC)cnc32)cc1C. The molecule has 1 aromatic carbocycles. The number of esters is 1. The predicted molar refractivity (Wildman–Crippen MR) is 114 cm³/mol. The van der Waals surface area contributed by atoms with Gasteiger partial charge in [-0.25, -0.2) is 9.78 Å². The molecule has 2 aromatic rings. The smallest absolute Gasteiger partial charge is 0.339 e. The van der Waals surface area contributed by atoms with Gasteiger partial charge in [0.1, 0.15) is 5.82 Å². The van der Waals surface area contributed by atoms with Crippen molar-refractivity contribution in [2.45, 2.75) is 40.0 Å². The average molecular weight is 393 g/mol. The molecule has 0 radical (unpaired) electrons. The highest BCUT2D eigenvalue weighted by molar-refractivity contribution is 5.96. The van der Waals surface area contributed by atoms with Crippen molar-refractivity contribution in [1.29, 1.82) is 0 Å². The summed E-state index contributed by atoms with van der Waals surface area (Å²) in [6.07, 6.45) is 7.87. The number of ether oxygens (including phenoxy) is 1. The van der Waals surface area contributed by atoms with Gasteiger partial charge < -0.3 is 15.0 Å². The summed E-state index contributed by atoms with van der Waals surface area (Å²) in [5.74, 6) is 0.394. The Kier molecular flexibility index (Phi) is 6.65. The number of fused-ring (bicyclic) bond motifs is 1. The number of amides is 1. The van der Waals surface area contributed by atoms with Crippen LogP contribution in [0.15, 0.2) is 42.7 Å². The fourth-order valence-corrected chi connectivity index (χ4v) is 3.44. The first-order valence-electron chi connectivity index (χ1n) is 10.0. The highest BCUT2D eigenvalue weighted by Gasteiger charge is 2.22. The zero-order chi connectivity index (χ0) is 20.8. The summed E-state index contributed by atoms with van der Waals surface area (Å²) >= 11 is 0. The highest BCUT2D eigenvalue weighted by atomic mass is 16.5. The van der Waals surface area contributed by atoms with Crippen LogP contribution in [0.2, 0.25) is 0 Å². The van der Waals surface area contributed by atoms with E-state index in [4.69, 9.17) is 4.74 Å². The minimum Gasteiger partial charge on any atom is -0.462 e. The third kappa shape index (κ3) is 4.65. The first-order chi connectivity index (χ1) is 14.0. The Bertz CT molecular complexity index is 937. The molecule has 0 unspecified atom stereocenters. The molecule has 0 fully saturated rings. The number of anilines is 2. The van der Waals surface area contributed by atoms with E-state index in [2.05, 4.69) is 15.2 Å². The van der Waals surface area contributed by atoms with E-state index in [9.17, 15) is 9.59 Å². The third-order valence-electron chi connectivity index (χ3n) is 4.87. The fourth-order valence-electron chi connectivity index (χ4n) is 3.44. The molecule has 3 rings (SSSR count). The van der Waals surface area contributed by atoms with Gasteiger partial charge in [-0.15, -0.1) is 0 Å². The second-order valence-corrected chi connectivity index (χ2v) is 6.97. The second kappa shape index (κ2) is 9.37. The molecule has 0 saturated heterocycles. The largest absolute Gasteiger partial charge is 0.462 e. The number of nitrogens with zero attached hydrogens (tertiary/aromatic N) is 2. The molecule has 2 heterocycles. The molecule has 6 heteroatoms. The number of aromatic nitrogens is 1. The van der Waals surface area contributed by atoms with Crippen molar-refractivity contribution in [3.05, 3.63) is 65.0 Å². The summed E-state index contributed by atoms with van der Waals surface area (Å²) in [6.45, 7) is 6.92. The summed E-state index contributed by atoms with van der Waals surface area (Å²) in [5.41, 5.74) is 4.06. The Morgan fingerprint density at radius 3 is 2.83 bits per heavy atom. The number of carbonyl (C=O) groups excluding carboxylic acids is 2. The van der Waals surface area contributed by atoms with Crippen molar-refractivity contribution in [1.82, 2.24) is 10.3 Å². The standard InChI is InChI=1S/C23H27N3O3/c1-4-6-11-24-22(27)20-10-9-19(13-16(20)3)26-12-7-8-17-14-18(15-25-21(17)26)23(28)29-5-2/h6,9-11,13-15H,4-5,7-8,12H2,1-3H3,(H,24,27)/b11-6+. The van der Waals surface area contributed by atoms with Gasteiger partial charge in [-0.05, 0) is 68.5 Å². The lowest BCUT2D eigenvalue weighted by Gasteiger charge is -2.30. The van der Waals surface area contributed by atoms with Gasteiger partial charge in [-0.2, -0.15) is 0 Å². The third-order valence-corrected chi connectivity index (χ3v) is 4.87. The average Bonchev–Trinajstić information content (AvgIpc) is 2.73. The van der Waals surface area contributed by atoms with Gasteiger partial charge in [0.15, 0.2) is 0 Å². The van der Waals surface area contributed by atoms with Crippen molar-refractivity contribution < 1.29 is 14.3 Å². The maximum atomic E-state index is 12.3. The molecule has 1 N–H and O–H groups in total. The van der Waals surface area contributed by atoms with Crippen molar-refractivity contribution >= 4 is 23.4 Å². The van der Waals surface area contributed by atoms with Crippen LogP contribution < -0.4 is 10.2 Å². The van der Waals surface area contributed by atoms with E-state index in [0.717, 1.165) is 48.4 Å². The second-order valence-electron chi connectivity index (χ2n) is 6.97. The number of hydrogen-bond acceptors (Lipinski definition) is 5. The van der Waals surface area contributed by atoms with E-state index in [1.165, 1.54) is 0 Å². The molecule has 152 valence electrons. The number of pyridine rings is 1. The Morgan fingerprint density at radius 1 is 1.28 bits per heavy atom. The molecule has 0 atom stereocenters. The Balaban J connectivity index is 1.85. The van der Waals surface area contributed by atoms with Gasteiger partial charge in [0.25, 0.3) is 5.91 Å². The summed E-state index contributed by atoms with van der Waals surface area (Å²) in [7, 11) is 0. The number of nitrogens with one attached hydrogen (secondary N) is 1. The lowest BCUT2D eigenvalue weighted by Crippen LogP contribution is -2.26. The van der Waals surface area contributed by atoms with E-state index in [1.807, 2.05) is 44.2 Å². The van der Waals surface area contributed by atoms with Gasteiger partial charge >= 0.3 is 5.97 Å². The number of rotatable bonds is 6. The number of aryl methyl sites for hydroxylation is 2. The number of hydrogen-bond donors (Lipinski definition) is 1. The maximum Gasteiger partial charge on any atom is 0.339 e. The van der Waals surface area contributed by atoms with Crippen molar-refractivity contribution in [2.75, 3.05) is 18.1 Å². The number of benzene rings is 1. The summed E-state index contributed by atoms with van der Waals surface area (Å²) in [4.78, 5) is 31.0. The molecule has 1 aromatic heterocycles. The molecular weight excluding hydrogens is 366 g/mol. The summed E-state index contributed by atoms with van der Waals surface area (Å²) in [6, 6.07) is 7.68. The first kappa shape index (κ1) is 20.6. The van der Waals surface area contributed by atoms with Crippen LogP contribution in [-0.2, 0) is 11.2 Å². The van der Waals surface area contributed by atoms with Gasteiger partial charge in [-0.1, -0.05) is 13.0 Å². The van der Waals surface area contributed by atoms with Crippen molar-refractivity contribution in [3.63, 3.8) is 0 Å². The van der Waals surface area contributed by atoms with Crippen LogP contribution in [0, 0.1) is 6.92 Å². The minimum absolute atomic E-state index is 0.116. The van der Waals surface area contributed by atoms with Crippen LogP contribution in [0.4, 0.5) is 11.5 Å². The van der Waals surface area contributed by atoms with Gasteiger partial charge in [-0.3, -0.25) is 4.79 Å². The fraction of sp³-hybridized carbons (Fsp3) is 0.348. The number of allylic oxidation sites excluding steroid dienone is 1. The molecule has 29 heavy (non-hydrogen) atoms. The Labute approximate surface area is 171 Å². The van der Waals surface area contributed by atoms with Crippen LogP contribution in [0.1, 0.15) is 58.5 Å². The van der Waals surface area contributed by atoms with Crippen molar-refractivity contribution in [3.8, 4) is 0 Å². The highest BCUT2D eigenvalue weighted by Crippen LogP contribution is 2.33. The Hall–Kier alpha value is -3.15. The monoisotopic (exact) mass is 393 g/mol. The van der Waals surface area contributed by atoms with Crippen LogP contribution in [-0.4, -0.2) is 30.0 Å². The van der Waals surface area contributed by atoms with Crippen LogP contribution in [0.5, 0.6) is 0 Å². The topological polar surface area (TPSA) is 71.5 Å². The number of carbonyl (C=O) groups is 2. The first-order valence-corrected chi connectivity index (χ1v) is 10.0. The van der Waals surface area contributed by atoms with Gasteiger partial charge in [0.05, 0.1) is 12.2 Å². The zero-order valence-corrected chi connectivity index (χ0v) is 17.2. The lowest BCUT2D eigenvalue weighted by atomic mass is 10.0. The Morgan fingerprint density at radius 2 is 2.10 bits per heavy atom. The van der Waals surface area contributed by atoms with Gasteiger partial charge in [0.2, 0.25) is 0 Å². The summed E-state index contributed by atoms with van der Waals surface area (Å²) in [5, 5.41) is 2.79.